The van der Waals surface area contributed by atoms with Crippen LogP contribution in [0.1, 0.15) is 11.3 Å². The van der Waals surface area contributed by atoms with E-state index in [-0.39, 0.29) is 5.91 Å². The summed E-state index contributed by atoms with van der Waals surface area (Å²) in [4.78, 5) is 19.5. The molecule has 2 saturated heterocycles. The average molecular weight is 369 g/mol. The molecule has 2 aliphatic heterocycles. The fraction of sp³-hybridized carbons (Fsp3) is 0.263. The number of carbonyl (C=O) groups is 1. The zero-order valence-corrected chi connectivity index (χ0v) is 15.2. The number of aryl methyl sites for hydroxylation is 1. The lowest BCUT2D eigenvalue weighted by Gasteiger charge is -2.26. The molecule has 2 fully saturated rings. The molecule has 0 atom stereocenters. The zero-order valence-electron chi connectivity index (χ0n) is 14.4. The molecule has 1 amide bonds. The lowest BCUT2D eigenvalue weighted by Crippen LogP contribution is -2.35. The van der Waals surface area contributed by atoms with E-state index in [9.17, 15) is 4.79 Å². The molecule has 0 aliphatic carbocycles. The van der Waals surface area contributed by atoms with Crippen LogP contribution in [0.25, 0.3) is 6.08 Å². The molecule has 0 bridgehead atoms. The van der Waals surface area contributed by atoms with E-state index in [1.165, 1.54) is 11.8 Å². The Kier molecular flexibility index (Phi) is 4.81. The molecule has 2 aliphatic rings. The van der Waals surface area contributed by atoms with Gasteiger partial charge in [-0.3, -0.25) is 4.79 Å². The van der Waals surface area contributed by atoms with Gasteiger partial charge in [0, 0.05) is 25.2 Å². The lowest BCUT2D eigenvalue weighted by molar-refractivity contribution is -0.115. The quantitative estimate of drug-likeness (QED) is 0.841. The number of thioether (sulfide) groups is 1. The van der Waals surface area contributed by atoms with Gasteiger partial charge in [0.05, 0.1) is 23.8 Å². The van der Waals surface area contributed by atoms with Crippen molar-refractivity contribution in [2.75, 3.05) is 31.2 Å². The van der Waals surface area contributed by atoms with Gasteiger partial charge < -0.3 is 19.4 Å². The second-order valence-corrected chi connectivity index (χ2v) is 7.07. The topological polar surface area (TPSA) is 67.1 Å². The van der Waals surface area contributed by atoms with E-state index in [1.807, 2.05) is 43.3 Å². The number of hydrogen-bond donors (Lipinski definition) is 1. The van der Waals surface area contributed by atoms with Crippen LogP contribution >= 0.6 is 11.8 Å². The molecule has 1 aromatic carbocycles. The Balaban J connectivity index is 1.50. The summed E-state index contributed by atoms with van der Waals surface area (Å²) in [5.41, 5.74) is 1.91. The second-order valence-electron chi connectivity index (χ2n) is 6.04. The number of nitrogens with one attached hydrogen (secondary N) is 1. The largest absolute Gasteiger partial charge is 0.441 e. The predicted octanol–water partition coefficient (Wildman–Crippen LogP) is 3.32. The third kappa shape index (κ3) is 3.68. The SMILES string of the molecule is Cc1ccccc1N=C1NC(=O)/C(=C/c2ccc(N3CCOCC3)o2)S1. The van der Waals surface area contributed by atoms with E-state index in [0.717, 1.165) is 30.2 Å². The number of rotatable bonds is 3. The highest BCUT2D eigenvalue weighted by atomic mass is 32.2. The molecule has 7 heteroatoms. The maximum Gasteiger partial charge on any atom is 0.264 e. The van der Waals surface area contributed by atoms with Crippen molar-refractivity contribution in [3.8, 4) is 0 Å². The van der Waals surface area contributed by atoms with Gasteiger partial charge in [-0.25, -0.2) is 4.99 Å². The van der Waals surface area contributed by atoms with Crippen molar-refractivity contribution >= 4 is 40.5 Å². The molecule has 2 aromatic rings. The molecule has 26 heavy (non-hydrogen) atoms. The Morgan fingerprint density at radius 1 is 1.19 bits per heavy atom. The molecule has 0 radical (unpaired) electrons. The molecule has 1 N–H and O–H groups in total. The summed E-state index contributed by atoms with van der Waals surface area (Å²) < 4.78 is 11.2. The van der Waals surface area contributed by atoms with Crippen molar-refractivity contribution in [3.05, 3.63) is 52.6 Å². The van der Waals surface area contributed by atoms with E-state index in [2.05, 4.69) is 15.2 Å². The van der Waals surface area contributed by atoms with Gasteiger partial charge in [0.15, 0.2) is 11.1 Å². The van der Waals surface area contributed by atoms with Crippen LogP contribution in [-0.4, -0.2) is 37.4 Å². The predicted molar refractivity (Wildman–Crippen MR) is 104 cm³/mol. The van der Waals surface area contributed by atoms with E-state index >= 15 is 0 Å². The fourth-order valence-corrected chi connectivity index (χ4v) is 3.60. The summed E-state index contributed by atoms with van der Waals surface area (Å²) in [7, 11) is 0. The fourth-order valence-electron chi connectivity index (χ4n) is 2.78. The number of amides is 1. The van der Waals surface area contributed by atoms with Crippen molar-refractivity contribution in [1.29, 1.82) is 0 Å². The average Bonchev–Trinajstić information content (AvgIpc) is 3.25. The zero-order chi connectivity index (χ0) is 17.9. The van der Waals surface area contributed by atoms with Crippen molar-refractivity contribution in [2.24, 2.45) is 4.99 Å². The number of hydrogen-bond acceptors (Lipinski definition) is 6. The summed E-state index contributed by atoms with van der Waals surface area (Å²) in [5, 5.41) is 3.39. The smallest absolute Gasteiger partial charge is 0.264 e. The second kappa shape index (κ2) is 7.39. The van der Waals surface area contributed by atoms with Gasteiger partial charge in [-0.1, -0.05) is 18.2 Å². The highest BCUT2D eigenvalue weighted by molar-refractivity contribution is 8.18. The highest BCUT2D eigenvalue weighted by Gasteiger charge is 2.24. The first-order chi connectivity index (χ1) is 12.7. The van der Waals surface area contributed by atoms with Gasteiger partial charge in [-0.05, 0) is 36.4 Å². The molecule has 6 nitrogen and oxygen atoms in total. The number of carbonyl (C=O) groups excluding carboxylic acids is 1. The molecule has 0 unspecified atom stereocenters. The van der Waals surface area contributed by atoms with Crippen LogP contribution in [0, 0.1) is 6.92 Å². The number of aliphatic imine (C=N–C) groups is 1. The van der Waals surface area contributed by atoms with Crippen LogP contribution in [0.5, 0.6) is 0 Å². The monoisotopic (exact) mass is 369 g/mol. The Morgan fingerprint density at radius 3 is 2.81 bits per heavy atom. The van der Waals surface area contributed by atoms with Gasteiger partial charge in [-0.15, -0.1) is 0 Å². The van der Waals surface area contributed by atoms with Gasteiger partial charge in [0.1, 0.15) is 5.76 Å². The Labute approximate surface area is 155 Å². The molecule has 0 saturated carbocycles. The van der Waals surface area contributed by atoms with Crippen molar-refractivity contribution in [3.63, 3.8) is 0 Å². The third-order valence-electron chi connectivity index (χ3n) is 4.20. The number of para-hydroxylation sites is 1. The molecular formula is C19H19N3O3S. The molecule has 134 valence electrons. The number of amidine groups is 1. The van der Waals surface area contributed by atoms with Gasteiger partial charge in [0.25, 0.3) is 5.91 Å². The minimum Gasteiger partial charge on any atom is -0.441 e. The Hall–Kier alpha value is -2.51. The van der Waals surface area contributed by atoms with Crippen LogP contribution in [0.4, 0.5) is 11.6 Å². The molecule has 3 heterocycles. The first kappa shape index (κ1) is 16.9. The normalized spacial score (nSPS) is 20.8. The molecule has 4 rings (SSSR count). The summed E-state index contributed by atoms with van der Waals surface area (Å²) in [6.45, 7) is 5.02. The van der Waals surface area contributed by atoms with E-state index in [4.69, 9.17) is 9.15 Å². The number of morpholine rings is 1. The summed E-state index contributed by atoms with van der Waals surface area (Å²) in [6.07, 6.45) is 1.75. The van der Waals surface area contributed by atoms with E-state index in [1.54, 1.807) is 6.08 Å². The van der Waals surface area contributed by atoms with Crippen LogP contribution in [-0.2, 0) is 9.53 Å². The minimum atomic E-state index is -0.161. The number of anilines is 1. The first-order valence-electron chi connectivity index (χ1n) is 8.47. The molecule has 1 aromatic heterocycles. The highest BCUT2D eigenvalue weighted by Crippen LogP contribution is 2.30. The van der Waals surface area contributed by atoms with Gasteiger partial charge in [0.2, 0.25) is 0 Å². The summed E-state index contributed by atoms with van der Waals surface area (Å²) >= 11 is 1.32. The number of nitrogens with zero attached hydrogens (tertiary/aromatic N) is 2. The summed E-state index contributed by atoms with van der Waals surface area (Å²) in [6, 6.07) is 11.6. The maximum atomic E-state index is 12.2. The number of benzene rings is 1. The van der Waals surface area contributed by atoms with Crippen molar-refractivity contribution in [1.82, 2.24) is 5.32 Å². The van der Waals surface area contributed by atoms with Crippen LogP contribution in [0.2, 0.25) is 0 Å². The van der Waals surface area contributed by atoms with Gasteiger partial charge in [-0.2, -0.15) is 0 Å². The third-order valence-corrected chi connectivity index (χ3v) is 5.11. The Morgan fingerprint density at radius 2 is 2.00 bits per heavy atom. The minimum absolute atomic E-state index is 0.161. The van der Waals surface area contributed by atoms with Crippen LogP contribution in [0.15, 0.2) is 50.7 Å². The Bertz CT molecular complexity index is 882. The van der Waals surface area contributed by atoms with Crippen LogP contribution < -0.4 is 10.2 Å². The van der Waals surface area contributed by atoms with Crippen LogP contribution in [0.3, 0.4) is 0 Å². The van der Waals surface area contributed by atoms with E-state index in [0.29, 0.717) is 29.0 Å². The lowest BCUT2D eigenvalue weighted by atomic mass is 10.2. The van der Waals surface area contributed by atoms with Gasteiger partial charge >= 0.3 is 0 Å². The van der Waals surface area contributed by atoms with Crippen molar-refractivity contribution in [2.45, 2.75) is 6.92 Å². The molecule has 0 spiro atoms. The molecular weight excluding hydrogens is 350 g/mol. The first-order valence-corrected chi connectivity index (χ1v) is 9.28. The maximum absolute atomic E-state index is 12.2. The summed E-state index contributed by atoms with van der Waals surface area (Å²) in [5.74, 6) is 1.30. The standard InChI is InChI=1S/C19H19N3O3S/c1-13-4-2-3-5-15(13)20-19-21-18(23)16(26-19)12-14-6-7-17(25-14)22-8-10-24-11-9-22/h2-7,12H,8-11H2,1H3,(H,20,21,23)/b16-12-. The van der Waals surface area contributed by atoms with E-state index < -0.39 is 0 Å². The number of ether oxygens (including phenoxy) is 1. The number of furan rings is 1. The van der Waals surface area contributed by atoms with Crippen molar-refractivity contribution < 1.29 is 13.9 Å².